The molecule has 2 N–H and O–H groups in total. The molecule has 1 saturated heterocycles. The number of aliphatic hydroxyl groups is 1. The Bertz CT molecular complexity index is 278. The van der Waals surface area contributed by atoms with E-state index < -0.39 is 11.1 Å². The van der Waals surface area contributed by atoms with Crippen LogP contribution in [0.15, 0.2) is 0 Å². The summed E-state index contributed by atoms with van der Waals surface area (Å²) in [7, 11) is 1.78. The summed E-state index contributed by atoms with van der Waals surface area (Å²) in [6.07, 6.45) is 2.24. The van der Waals surface area contributed by atoms with Crippen molar-refractivity contribution in [1.29, 1.82) is 0 Å². The van der Waals surface area contributed by atoms with Crippen molar-refractivity contribution in [3.63, 3.8) is 0 Å². The molecule has 2 aliphatic rings. The molecule has 0 aromatic heterocycles. The molecule has 0 spiro atoms. The first-order valence-corrected chi connectivity index (χ1v) is 5.60. The fourth-order valence-corrected chi connectivity index (χ4v) is 2.14. The van der Waals surface area contributed by atoms with Crippen LogP contribution in [-0.2, 0) is 4.79 Å². The zero-order valence-corrected chi connectivity index (χ0v) is 9.71. The highest BCUT2D eigenvalue weighted by Crippen LogP contribution is 2.44. The van der Waals surface area contributed by atoms with Crippen LogP contribution in [0.3, 0.4) is 0 Å². The summed E-state index contributed by atoms with van der Waals surface area (Å²) >= 11 is 0. The number of nitrogens with zero attached hydrogens (tertiary/aromatic N) is 1. The van der Waals surface area contributed by atoms with E-state index in [-0.39, 0.29) is 5.91 Å². The average molecular weight is 212 g/mol. The van der Waals surface area contributed by atoms with Crippen LogP contribution in [-0.4, -0.2) is 47.2 Å². The lowest BCUT2D eigenvalue weighted by molar-refractivity contribution is -0.164. The van der Waals surface area contributed by atoms with Gasteiger partial charge in [-0.1, -0.05) is 0 Å². The van der Waals surface area contributed by atoms with Crippen LogP contribution in [0.1, 0.15) is 26.7 Å². The summed E-state index contributed by atoms with van der Waals surface area (Å²) in [5, 5.41) is 13.1. The maximum absolute atomic E-state index is 12.0. The summed E-state index contributed by atoms with van der Waals surface area (Å²) in [5.74, 6) is 0.523. The highest BCUT2D eigenvalue weighted by Gasteiger charge is 2.54. The number of hydrogen-bond donors (Lipinski definition) is 2. The molecule has 0 aromatic carbocycles. The zero-order valence-electron chi connectivity index (χ0n) is 9.71. The van der Waals surface area contributed by atoms with Gasteiger partial charge in [0.25, 0.3) is 0 Å². The average Bonchev–Trinajstić information content (AvgIpc) is 2.94. The predicted molar refractivity (Wildman–Crippen MR) is 57.4 cm³/mol. The normalized spacial score (nSPS) is 24.9. The summed E-state index contributed by atoms with van der Waals surface area (Å²) in [6.45, 7) is 4.76. The lowest BCUT2D eigenvalue weighted by Gasteiger charge is -2.49. The Morgan fingerprint density at radius 3 is 2.40 bits per heavy atom. The molecule has 1 aliphatic heterocycles. The van der Waals surface area contributed by atoms with Crippen molar-refractivity contribution in [2.75, 3.05) is 20.1 Å². The molecule has 1 saturated carbocycles. The molecule has 0 aromatic rings. The van der Waals surface area contributed by atoms with E-state index in [1.807, 2.05) is 13.8 Å². The summed E-state index contributed by atoms with van der Waals surface area (Å²) in [5.41, 5.74) is -1.09. The van der Waals surface area contributed by atoms with Gasteiger partial charge in [-0.05, 0) is 39.7 Å². The number of amides is 1. The fraction of sp³-hybridized carbons (Fsp3) is 0.909. The molecule has 4 nitrogen and oxygen atoms in total. The SMILES string of the molecule is CNC(C)(C)C(=O)N1CC(O)(C2CC2)C1. The van der Waals surface area contributed by atoms with Gasteiger partial charge in [-0.25, -0.2) is 0 Å². The van der Waals surface area contributed by atoms with Crippen LogP contribution < -0.4 is 5.32 Å². The number of β-amino-alcohol motifs (C(OH)–C–C–N with tert-alkyl or cyclic N) is 1. The third-order valence-corrected chi connectivity index (χ3v) is 3.71. The third kappa shape index (κ3) is 1.76. The Morgan fingerprint density at radius 2 is 2.00 bits per heavy atom. The van der Waals surface area contributed by atoms with Crippen molar-refractivity contribution >= 4 is 5.91 Å². The Labute approximate surface area is 90.6 Å². The summed E-state index contributed by atoms with van der Waals surface area (Å²) in [6, 6.07) is 0. The molecule has 1 heterocycles. The largest absolute Gasteiger partial charge is 0.386 e. The highest BCUT2D eigenvalue weighted by atomic mass is 16.3. The van der Waals surface area contributed by atoms with Crippen molar-refractivity contribution in [3.8, 4) is 0 Å². The van der Waals surface area contributed by atoms with Gasteiger partial charge in [-0.3, -0.25) is 4.79 Å². The number of carbonyl (C=O) groups is 1. The third-order valence-electron chi connectivity index (χ3n) is 3.71. The van der Waals surface area contributed by atoms with Gasteiger partial charge in [0, 0.05) is 0 Å². The van der Waals surface area contributed by atoms with Crippen molar-refractivity contribution < 1.29 is 9.90 Å². The first-order valence-electron chi connectivity index (χ1n) is 5.60. The second-order valence-electron chi connectivity index (χ2n) is 5.41. The smallest absolute Gasteiger partial charge is 0.242 e. The molecular formula is C11H20N2O2. The number of likely N-dealkylation sites (tertiary alicyclic amines) is 1. The van der Waals surface area contributed by atoms with Crippen molar-refractivity contribution in [2.24, 2.45) is 5.92 Å². The molecule has 0 radical (unpaired) electrons. The quantitative estimate of drug-likeness (QED) is 0.690. The van der Waals surface area contributed by atoms with Gasteiger partial charge in [0.1, 0.15) is 5.60 Å². The number of carbonyl (C=O) groups excluding carboxylic acids is 1. The highest BCUT2D eigenvalue weighted by molar-refractivity contribution is 5.86. The van der Waals surface area contributed by atoms with E-state index in [0.29, 0.717) is 19.0 Å². The van der Waals surface area contributed by atoms with E-state index in [2.05, 4.69) is 5.32 Å². The molecule has 2 fully saturated rings. The lowest BCUT2D eigenvalue weighted by atomic mass is 9.87. The van der Waals surface area contributed by atoms with Crippen LogP contribution in [0, 0.1) is 5.92 Å². The van der Waals surface area contributed by atoms with Crippen LogP contribution in [0.5, 0.6) is 0 Å². The predicted octanol–water partition coefficient (Wildman–Crippen LogP) is -0.0323. The maximum atomic E-state index is 12.0. The summed E-state index contributed by atoms with van der Waals surface area (Å²) in [4.78, 5) is 13.7. The van der Waals surface area contributed by atoms with Gasteiger partial charge in [-0.2, -0.15) is 0 Å². The minimum Gasteiger partial charge on any atom is -0.386 e. The first kappa shape index (κ1) is 10.9. The molecule has 2 rings (SSSR count). The number of likely N-dealkylation sites (N-methyl/N-ethyl adjacent to an activating group) is 1. The summed E-state index contributed by atoms with van der Waals surface area (Å²) < 4.78 is 0. The number of rotatable bonds is 3. The molecule has 1 aliphatic carbocycles. The second-order valence-corrected chi connectivity index (χ2v) is 5.41. The van der Waals surface area contributed by atoms with Gasteiger partial charge in [0.05, 0.1) is 18.6 Å². The van der Waals surface area contributed by atoms with Gasteiger partial charge in [0.15, 0.2) is 0 Å². The van der Waals surface area contributed by atoms with Gasteiger partial charge >= 0.3 is 0 Å². The van der Waals surface area contributed by atoms with E-state index in [9.17, 15) is 9.90 Å². The minimum absolute atomic E-state index is 0.0790. The van der Waals surface area contributed by atoms with Gasteiger partial charge in [0.2, 0.25) is 5.91 Å². The Morgan fingerprint density at radius 1 is 1.47 bits per heavy atom. The molecule has 4 heteroatoms. The van der Waals surface area contributed by atoms with Crippen LogP contribution >= 0.6 is 0 Å². The van der Waals surface area contributed by atoms with E-state index in [1.54, 1.807) is 11.9 Å². The Kier molecular flexibility index (Phi) is 2.32. The molecule has 0 atom stereocenters. The molecule has 15 heavy (non-hydrogen) atoms. The van der Waals surface area contributed by atoms with E-state index in [4.69, 9.17) is 0 Å². The molecular weight excluding hydrogens is 192 g/mol. The molecule has 1 amide bonds. The minimum atomic E-state index is -0.570. The van der Waals surface area contributed by atoms with E-state index in [1.165, 1.54) is 0 Å². The van der Waals surface area contributed by atoms with Crippen LogP contribution in [0.4, 0.5) is 0 Å². The van der Waals surface area contributed by atoms with Crippen molar-refractivity contribution in [1.82, 2.24) is 10.2 Å². The molecule has 0 unspecified atom stereocenters. The lowest BCUT2D eigenvalue weighted by Crippen LogP contribution is -2.69. The zero-order chi connectivity index (χ0) is 11.3. The molecule has 86 valence electrons. The first-order chi connectivity index (χ1) is 6.89. The van der Waals surface area contributed by atoms with E-state index in [0.717, 1.165) is 12.8 Å². The topological polar surface area (TPSA) is 52.6 Å². The van der Waals surface area contributed by atoms with Crippen LogP contribution in [0.25, 0.3) is 0 Å². The van der Waals surface area contributed by atoms with Crippen molar-refractivity contribution in [2.45, 2.75) is 37.8 Å². The van der Waals surface area contributed by atoms with E-state index >= 15 is 0 Å². The number of hydrogen-bond acceptors (Lipinski definition) is 3. The van der Waals surface area contributed by atoms with Gasteiger partial charge < -0.3 is 15.3 Å². The number of nitrogens with one attached hydrogen (secondary N) is 1. The maximum Gasteiger partial charge on any atom is 0.242 e. The Hall–Kier alpha value is -0.610. The second kappa shape index (κ2) is 3.19. The van der Waals surface area contributed by atoms with Gasteiger partial charge in [-0.15, -0.1) is 0 Å². The van der Waals surface area contributed by atoms with Crippen molar-refractivity contribution in [3.05, 3.63) is 0 Å². The molecule has 0 bridgehead atoms. The van der Waals surface area contributed by atoms with Crippen LogP contribution in [0.2, 0.25) is 0 Å². The Balaban J connectivity index is 1.91. The monoisotopic (exact) mass is 212 g/mol. The standard InChI is InChI=1S/C11H20N2O2/c1-10(2,12-3)9(14)13-6-11(15,7-13)8-4-5-8/h8,12,15H,4-7H2,1-3H3. The fourth-order valence-electron chi connectivity index (χ4n) is 2.14.